The number of carbonyl (C=O) groups is 3. The predicted octanol–water partition coefficient (Wildman–Crippen LogP) is 6.02. The highest BCUT2D eigenvalue weighted by Crippen LogP contribution is 2.36. The van der Waals surface area contributed by atoms with Crippen LogP contribution in [0.25, 0.3) is 6.08 Å². The molecule has 3 aromatic carbocycles. The van der Waals surface area contributed by atoms with Gasteiger partial charge in [-0.1, -0.05) is 29.8 Å². The minimum atomic E-state index is -0.571. The summed E-state index contributed by atoms with van der Waals surface area (Å²) in [5.41, 5.74) is 2.75. The number of rotatable bonds is 10. The Balaban J connectivity index is 1.51. The quantitative estimate of drug-likeness (QED) is 0.240. The topological polar surface area (TPSA) is 94.2 Å². The second kappa shape index (κ2) is 13.0. The van der Waals surface area contributed by atoms with E-state index in [2.05, 4.69) is 5.32 Å². The van der Waals surface area contributed by atoms with Crippen LogP contribution in [0.15, 0.2) is 89.6 Å². The minimum absolute atomic E-state index is 0.178. The number of esters is 1. The molecule has 40 heavy (non-hydrogen) atoms. The maximum absolute atomic E-state index is 13.6. The molecular formula is C31H29ClN2O6. The molecule has 1 aliphatic heterocycles. The molecule has 0 unspecified atom stereocenters. The molecule has 9 heteroatoms. The van der Waals surface area contributed by atoms with Gasteiger partial charge in [0.05, 0.1) is 24.4 Å². The van der Waals surface area contributed by atoms with E-state index in [-0.39, 0.29) is 36.2 Å². The summed E-state index contributed by atoms with van der Waals surface area (Å²) >= 11 is 5.95. The second-order valence-corrected chi connectivity index (χ2v) is 9.16. The van der Waals surface area contributed by atoms with E-state index in [1.165, 1.54) is 4.90 Å². The number of ether oxygens (including phenoxy) is 3. The van der Waals surface area contributed by atoms with E-state index in [4.69, 9.17) is 25.8 Å². The number of anilines is 2. The Bertz CT molecular complexity index is 1460. The molecular weight excluding hydrogens is 532 g/mol. The van der Waals surface area contributed by atoms with E-state index in [0.29, 0.717) is 45.8 Å². The van der Waals surface area contributed by atoms with Crippen LogP contribution in [-0.4, -0.2) is 37.6 Å². The molecule has 2 amide bonds. The molecule has 8 nitrogen and oxygen atoms in total. The molecule has 3 aromatic rings. The van der Waals surface area contributed by atoms with Gasteiger partial charge in [0.2, 0.25) is 0 Å². The highest BCUT2D eigenvalue weighted by atomic mass is 35.5. The average molecular weight is 561 g/mol. The standard InChI is InChI=1S/C31H29ClN2O6/c1-4-38-25-15-11-24(12-16-25)34-20(3)29(31(37)39-5-2)27(30(34)36)17-21-9-13-26(14-10-21)40-19-28(35)33-23-8-6-7-22(32)18-23/h6-18H,4-5,19H2,1-3H3,(H,33,35)/b27-17-. The number of hydrogen-bond acceptors (Lipinski definition) is 6. The number of nitrogens with zero attached hydrogens (tertiary/aromatic N) is 1. The molecule has 0 aromatic heterocycles. The third-order valence-corrected chi connectivity index (χ3v) is 6.19. The first kappa shape index (κ1) is 28.4. The third kappa shape index (κ3) is 6.71. The smallest absolute Gasteiger partial charge is 0.340 e. The number of carbonyl (C=O) groups excluding carboxylic acids is 3. The van der Waals surface area contributed by atoms with Crippen molar-refractivity contribution in [1.29, 1.82) is 0 Å². The molecule has 4 rings (SSSR count). The summed E-state index contributed by atoms with van der Waals surface area (Å²) in [7, 11) is 0. The number of benzene rings is 3. The summed E-state index contributed by atoms with van der Waals surface area (Å²) in [6.07, 6.45) is 1.64. The van der Waals surface area contributed by atoms with Gasteiger partial charge in [0.25, 0.3) is 11.8 Å². The normalized spacial score (nSPS) is 13.9. The number of allylic oxidation sites excluding steroid dienone is 1. The zero-order valence-electron chi connectivity index (χ0n) is 22.4. The Morgan fingerprint density at radius 2 is 1.60 bits per heavy atom. The summed E-state index contributed by atoms with van der Waals surface area (Å²) in [6.45, 7) is 5.83. The molecule has 1 N–H and O–H groups in total. The number of halogens is 1. The van der Waals surface area contributed by atoms with Crippen molar-refractivity contribution in [2.24, 2.45) is 0 Å². The monoisotopic (exact) mass is 560 g/mol. The largest absolute Gasteiger partial charge is 0.494 e. The van der Waals surface area contributed by atoms with Gasteiger partial charge in [-0.05, 0) is 87.0 Å². The van der Waals surface area contributed by atoms with Crippen molar-refractivity contribution in [3.05, 3.63) is 100 Å². The Labute approximate surface area is 237 Å². The first-order valence-electron chi connectivity index (χ1n) is 12.8. The summed E-state index contributed by atoms with van der Waals surface area (Å²) in [6, 6.07) is 20.8. The fraction of sp³-hybridized carbons (Fsp3) is 0.194. The molecule has 0 saturated carbocycles. The second-order valence-electron chi connectivity index (χ2n) is 8.72. The van der Waals surface area contributed by atoms with Crippen LogP contribution in [0.2, 0.25) is 5.02 Å². The zero-order chi connectivity index (χ0) is 28.6. The number of amides is 2. The lowest BCUT2D eigenvalue weighted by molar-refractivity contribution is -0.138. The van der Waals surface area contributed by atoms with E-state index >= 15 is 0 Å². The maximum Gasteiger partial charge on any atom is 0.340 e. The summed E-state index contributed by atoms with van der Waals surface area (Å²) in [5, 5.41) is 3.23. The van der Waals surface area contributed by atoms with Crippen molar-refractivity contribution in [1.82, 2.24) is 0 Å². The summed E-state index contributed by atoms with van der Waals surface area (Å²) in [4.78, 5) is 40.2. The Morgan fingerprint density at radius 3 is 2.25 bits per heavy atom. The van der Waals surface area contributed by atoms with E-state index in [1.54, 1.807) is 92.7 Å². The van der Waals surface area contributed by atoms with Gasteiger partial charge in [-0.3, -0.25) is 14.5 Å². The van der Waals surface area contributed by atoms with Gasteiger partial charge < -0.3 is 19.5 Å². The molecule has 1 aliphatic rings. The number of hydrogen-bond donors (Lipinski definition) is 1. The zero-order valence-corrected chi connectivity index (χ0v) is 23.2. The first-order valence-corrected chi connectivity index (χ1v) is 13.1. The van der Waals surface area contributed by atoms with E-state index in [1.807, 2.05) is 6.92 Å². The SMILES string of the molecule is CCOC(=O)C1=C(C)N(c2ccc(OCC)cc2)C(=O)/C1=C\c1ccc(OCC(=O)Nc2cccc(Cl)c2)cc1. The lowest BCUT2D eigenvalue weighted by atomic mass is 10.0. The van der Waals surface area contributed by atoms with Gasteiger partial charge in [-0.25, -0.2) is 4.79 Å². The summed E-state index contributed by atoms with van der Waals surface area (Å²) in [5.74, 6) is -0.0971. The van der Waals surface area contributed by atoms with E-state index in [0.717, 1.165) is 0 Å². The van der Waals surface area contributed by atoms with Crippen LogP contribution in [0.4, 0.5) is 11.4 Å². The Hall–Kier alpha value is -4.56. The highest BCUT2D eigenvalue weighted by Gasteiger charge is 2.38. The lowest BCUT2D eigenvalue weighted by Gasteiger charge is -2.18. The molecule has 0 saturated heterocycles. The van der Waals surface area contributed by atoms with Gasteiger partial charge in [0.1, 0.15) is 11.5 Å². The van der Waals surface area contributed by atoms with Gasteiger partial charge in [-0.15, -0.1) is 0 Å². The molecule has 0 radical (unpaired) electrons. The molecule has 0 atom stereocenters. The molecule has 1 heterocycles. The van der Waals surface area contributed by atoms with Gasteiger partial charge >= 0.3 is 5.97 Å². The van der Waals surface area contributed by atoms with Crippen LogP contribution < -0.4 is 19.7 Å². The molecule has 0 aliphatic carbocycles. The average Bonchev–Trinajstić information content (AvgIpc) is 3.18. The van der Waals surface area contributed by atoms with Crippen molar-refractivity contribution < 1.29 is 28.6 Å². The van der Waals surface area contributed by atoms with Crippen LogP contribution in [-0.2, 0) is 19.1 Å². The Kier molecular flexibility index (Phi) is 9.24. The van der Waals surface area contributed by atoms with Crippen molar-refractivity contribution >= 4 is 46.8 Å². The molecule has 0 bridgehead atoms. The van der Waals surface area contributed by atoms with Crippen molar-refractivity contribution in [3.8, 4) is 11.5 Å². The third-order valence-electron chi connectivity index (χ3n) is 5.95. The molecule has 0 spiro atoms. The van der Waals surface area contributed by atoms with Crippen LogP contribution in [0.5, 0.6) is 11.5 Å². The van der Waals surface area contributed by atoms with Crippen LogP contribution >= 0.6 is 11.6 Å². The van der Waals surface area contributed by atoms with Crippen LogP contribution in [0.1, 0.15) is 26.3 Å². The van der Waals surface area contributed by atoms with E-state index < -0.39 is 5.97 Å². The fourth-order valence-corrected chi connectivity index (χ4v) is 4.38. The van der Waals surface area contributed by atoms with Crippen molar-refractivity contribution in [3.63, 3.8) is 0 Å². The van der Waals surface area contributed by atoms with Gasteiger partial charge in [0, 0.05) is 22.1 Å². The Morgan fingerprint density at radius 1 is 0.925 bits per heavy atom. The number of nitrogens with one attached hydrogen (secondary N) is 1. The fourth-order valence-electron chi connectivity index (χ4n) is 4.19. The van der Waals surface area contributed by atoms with Gasteiger partial charge in [-0.2, -0.15) is 0 Å². The molecule has 206 valence electrons. The van der Waals surface area contributed by atoms with Crippen LogP contribution in [0.3, 0.4) is 0 Å². The van der Waals surface area contributed by atoms with Crippen LogP contribution in [0, 0.1) is 0 Å². The summed E-state index contributed by atoms with van der Waals surface area (Å²) < 4.78 is 16.4. The molecule has 0 fully saturated rings. The maximum atomic E-state index is 13.6. The predicted molar refractivity (Wildman–Crippen MR) is 154 cm³/mol. The first-order chi connectivity index (χ1) is 19.3. The van der Waals surface area contributed by atoms with E-state index in [9.17, 15) is 14.4 Å². The van der Waals surface area contributed by atoms with Crippen molar-refractivity contribution in [2.45, 2.75) is 20.8 Å². The minimum Gasteiger partial charge on any atom is -0.494 e. The van der Waals surface area contributed by atoms with Crippen molar-refractivity contribution in [2.75, 3.05) is 30.0 Å². The highest BCUT2D eigenvalue weighted by molar-refractivity contribution is 6.31. The lowest BCUT2D eigenvalue weighted by Crippen LogP contribution is -2.24. The van der Waals surface area contributed by atoms with Gasteiger partial charge in [0.15, 0.2) is 6.61 Å².